The van der Waals surface area contributed by atoms with Crippen molar-refractivity contribution in [2.75, 3.05) is 18.4 Å². The number of nitrogens with zero attached hydrogens (tertiary/aromatic N) is 2. The Labute approximate surface area is 128 Å². The van der Waals surface area contributed by atoms with Crippen LogP contribution in [0.1, 0.15) is 33.1 Å². The lowest BCUT2D eigenvalue weighted by atomic mass is 10.2. The lowest BCUT2D eigenvalue weighted by Crippen LogP contribution is -2.41. The van der Waals surface area contributed by atoms with Crippen molar-refractivity contribution in [2.24, 2.45) is 0 Å². The van der Waals surface area contributed by atoms with Crippen molar-refractivity contribution in [3.8, 4) is 0 Å². The number of thiazole rings is 1. The minimum atomic E-state index is -0.621. The summed E-state index contributed by atoms with van der Waals surface area (Å²) in [7, 11) is 0. The number of aromatic nitrogens is 1. The van der Waals surface area contributed by atoms with Crippen LogP contribution in [0, 0.1) is 0 Å². The van der Waals surface area contributed by atoms with Crippen LogP contribution in [-0.2, 0) is 9.59 Å². The Balaban J connectivity index is 2.53. The predicted molar refractivity (Wildman–Crippen MR) is 82.2 cm³/mol. The second-order valence-corrected chi connectivity index (χ2v) is 6.02. The highest BCUT2D eigenvalue weighted by Gasteiger charge is 2.21. The van der Waals surface area contributed by atoms with Crippen LogP contribution in [0.25, 0.3) is 0 Å². The molecule has 1 N–H and O–H groups in total. The van der Waals surface area contributed by atoms with Gasteiger partial charge in [-0.05, 0) is 13.3 Å². The van der Waals surface area contributed by atoms with Gasteiger partial charge >= 0.3 is 0 Å². The molecule has 0 aliphatic heterocycles. The zero-order chi connectivity index (χ0) is 15.0. The summed E-state index contributed by atoms with van der Waals surface area (Å²) in [6.45, 7) is 4.27. The van der Waals surface area contributed by atoms with E-state index in [1.165, 1.54) is 16.2 Å². The summed E-state index contributed by atoms with van der Waals surface area (Å²) in [6.07, 6.45) is 4.57. The van der Waals surface area contributed by atoms with Crippen molar-refractivity contribution in [2.45, 2.75) is 38.5 Å². The molecular weight excluding hydrogens is 298 g/mol. The summed E-state index contributed by atoms with van der Waals surface area (Å²) < 4.78 is 0. The zero-order valence-corrected chi connectivity index (χ0v) is 13.3. The molecule has 0 saturated carbocycles. The molecule has 20 heavy (non-hydrogen) atoms. The maximum atomic E-state index is 12.0. The van der Waals surface area contributed by atoms with Crippen molar-refractivity contribution in [3.05, 3.63) is 11.6 Å². The van der Waals surface area contributed by atoms with Crippen LogP contribution >= 0.6 is 22.9 Å². The summed E-state index contributed by atoms with van der Waals surface area (Å²) in [5.41, 5.74) is 0. The molecule has 0 aliphatic carbocycles. The van der Waals surface area contributed by atoms with Crippen LogP contribution in [0.5, 0.6) is 0 Å². The van der Waals surface area contributed by atoms with E-state index in [-0.39, 0.29) is 18.4 Å². The van der Waals surface area contributed by atoms with Gasteiger partial charge in [-0.1, -0.05) is 19.8 Å². The summed E-state index contributed by atoms with van der Waals surface area (Å²) in [5.74, 6) is -0.459. The molecule has 5 nitrogen and oxygen atoms in total. The number of carbonyl (C=O) groups excluding carboxylic acids is 2. The quantitative estimate of drug-likeness (QED) is 0.592. The second-order valence-electron chi connectivity index (χ2n) is 4.47. The minimum Gasteiger partial charge on any atom is -0.332 e. The number of carbonyl (C=O) groups is 2. The largest absolute Gasteiger partial charge is 0.332 e. The molecule has 1 heterocycles. The van der Waals surface area contributed by atoms with Gasteiger partial charge in [0.2, 0.25) is 11.8 Å². The highest BCUT2D eigenvalue weighted by atomic mass is 35.5. The molecule has 1 rings (SSSR count). The first-order chi connectivity index (χ1) is 9.54. The molecule has 0 saturated heterocycles. The van der Waals surface area contributed by atoms with Crippen LogP contribution in [0.4, 0.5) is 5.13 Å². The molecule has 0 radical (unpaired) electrons. The molecule has 0 bridgehead atoms. The number of halogens is 1. The third-order valence-electron chi connectivity index (χ3n) is 2.70. The van der Waals surface area contributed by atoms with E-state index in [0.717, 1.165) is 19.3 Å². The molecule has 0 spiro atoms. The van der Waals surface area contributed by atoms with Crippen molar-refractivity contribution in [3.63, 3.8) is 0 Å². The van der Waals surface area contributed by atoms with E-state index in [4.69, 9.17) is 11.6 Å². The maximum Gasteiger partial charge on any atom is 0.245 e. The molecule has 0 aliphatic rings. The van der Waals surface area contributed by atoms with Crippen LogP contribution < -0.4 is 5.32 Å². The maximum absolute atomic E-state index is 12.0. The fraction of sp³-hybridized carbons (Fsp3) is 0.615. The Morgan fingerprint density at radius 3 is 2.80 bits per heavy atom. The molecule has 1 aromatic heterocycles. The highest BCUT2D eigenvalue weighted by molar-refractivity contribution is 7.13. The molecular formula is C13H20ClN3O2S. The monoisotopic (exact) mass is 317 g/mol. The van der Waals surface area contributed by atoms with E-state index in [2.05, 4.69) is 17.2 Å². The van der Waals surface area contributed by atoms with E-state index >= 15 is 0 Å². The summed E-state index contributed by atoms with van der Waals surface area (Å²) in [5, 5.41) is 4.36. The smallest absolute Gasteiger partial charge is 0.245 e. The van der Waals surface area contributed by atoms with Gasteiger partial charge in [-0.25, -0.2) is 4.98 Å². The number of amides is 2. The van der Waals surface area contributed by atoms with Crippen molar-refractivity contribution >= 4 is 39.9 Å². The average Bonchev–Trinajstić information content (AvgIpc) is 2.89. The van der Waals surface area contributed by atoms with Crippen LogP contribution in [0.2, 0.25) is 0 Å². The number of rotatable bonds is 8. The zero-order valence-electron chi connectivity index (χ0n) is 11.8. The number of nitrogens with one attached hydrogen (secondary N) is 1. The molecule has 2 amide bonds. The minimum absolute atomic E-state index is 0.0131. The van der Waals surface area contributed by atoms with Gasteiger partial charge in [0.1, 0.15) is 5.38 Å². The summed E-state index contributed by atoms with van der Waals surface area (Å²) in [4.78, 5) is 29.4. The third-order valence-corrected chi connectivity index (χ3v) is 3.57. The second kappa shape index (κ2) is 8.92. The van der Waals surface area contributed by atoms with Gasteiger partial charge in [0.25, 0.3) is 0 Å². The van der Waals surface area contributed by atoms with Crippen molar-refractivity contribution in [1.82, 2.24) is 9.88 Å². The first-order valence-corrected chi connectivity index (χ1v) is 7.98. The van der Waals surface area contributed by atoms with Crippen molar-refractivity contribution < 1.29 is 9.59 Å². The van der Waals surface area contributed by atoms with E-state index in [1.807, 2.05) is 0 Å². The van der Waals surface area contributed by atoms with Gasteiger partial charge in [0, 0.05) is 18.1 Å². The standard InChI is InChI=1S/C13H20ClN3O2S/c1-3-4-5-7-17(12(19)10(2)14)9-11(18)16-13-15-6-8-20-13/h6,8,10H,3-5,7,9H2,1-2H3,(H,15,16,18)/t10-/m0/s1. The molecule has 7 heteroatoms. The molecule has 1 atom stereocenters. The van der Waals surface area contributed by atoms with Crippen LogP contribution in [0.3, 0.4) is 0 Å². The molecule has 0 unspecified atom stereocenters. The fourth-order valence-corrected chi connectivity index (χ4v) is 2.37. The van der Waals surface area contributed by atoms with Gasteiger partial charge in [0.05, 0.1) is 6.54 Å². The Hall–Kier alpha value is -1.14. The number of hydrogen-bond acceptors (Lipinski definition) is 4. The van der Waals surface area contributed by atoms with E-state index < -0.39 is 5.38 Å². The predicted octanol–water partition coefficient (Wildman–Crippen LogP) is 2.73. The molecule has 0 fully saturated rings. The first-order valence-electron chi connectivity index (χ1n) is 6.66. The third kappa shape index (κ3) is 5.88. The molecule has 0 aromatic carbocycles. The van der Waals surface area contributed by atoms with Crippen LogP contribution in [0.15, 0.2) is 11.6 Å². The van der Waals surface area contributed by atoms with Gasteiger partial charge in [-0.2, -0.15) is 0 Å². The Morgan fingerprint density at radius 1 is 1.50 bits per heavy atom. The molecule has 112 valence electrons. The average molecular weight is 318 g/mol. The van der Waals surface area contributed by atoms with Gasteiger partial charge in [0.15, 0.2) is 5.13 Å². The Morgan fingerprint density at radius 2 is 2.25 bits per heavy atom. The summed E-state index contributed by atoms with van der Waals surface area (Å²) >= 11 is 7.17. The highest BCUT2D eigenvalue weighted by Crippen LogP contribution is 2.11. The number of hydrogen-bond donors (Lipinski definition) is 1. The van der Waals surface area contributed by atoms with Gasteiger partial charge in [-0.3, -0.25) is 9.59 Å². The SMILES string of the molecule is CCCCCN(CC(=O)Nc1nccs1)C(=O)[C@H](C)Cl. The number of anilines is 1. The van der Waals surface area contributed by atoms with E-state index in [9.17, 15) is 9.59 Å². The fourth-order valence-electron chi connectivity index (χ4n) is 1.69. The number of alkyl halides is 1. The molecule has 1 aromatic rings. The van der Waals surface area contributed by atoms with E-state index in [0.29, 0.717) is 11.7 Å². The van der Waals surface area contributed by atoms with Gasteiger partial charge < -0.3 is 10.2 Å². The lowest BCUT2D eigenvalue weighted by Gasteiger charge is -2.23. The Kier molecular flexibility index (Phi) is 7.54. The van der Waals surface area contributed by atoms with Crippen molar-refractivity contribution in [1.29, 1.82) is 0 Å². The number of unbranched alkanes of at least 4 members (excludes halogenated alkanes) is 2. The summed E-state index contributed by atoms with van der Waals surface area (Å²) in [6, 6.07) is 0. The Bertz CT molecular complexity index is 423. The topological polar surface area (TPSA) is 62.3 Å². The van der Waals surface area contributed by atoms with E-state index in [1.54, 1.807) is 18.5 Å². The van der Waals surface area contributed by atoms with Gasteiger partial charge in [-0.15, -0.1) is 22.9 Å². The normalized spacial score (nSPS) is 11.9. The lowest BCUT2D eigenvalue weighted by molar-refractivity contribution is -0.134. The first kappa shape index (κ1) is 16.9. The van der Waals surface area contributed by atoms with Crippen LogP contribution in [-0.4, -0.2) is 40.2 Å².